The van der Waals surface area contributed by atoms with Crippen molar-refractivity contribution in [3.63, 3.8) is 0 Å². The van der Waals surface area contributed by atoms with Gasteiger partial charge in [0.25, 0.3) is 0 Å². The molecule has 10 heteroatoms. The molecular weight excluding hydrogens is 394 g/mol. The molecule has 0 bridgehead atoms. The molecule has 2 saturated carbocycles. The molecule has 2 aromatic rings. The monoisotopic (exact) mass is 423 g/mol. The number of hydrogen-bond acceptors (Lipinski definition) is 6. The van der Waals surface area contributed by atoms with E-state index >= 15 is 0 Å². The van der Waals surface area contributed by atoms with Gasteiger partial charge in [0, 0.05) is 25.8 Å². The second-order valence-corrected chi connectivity index (χ2v) is 9.79. The minimum Gasteiger partial charge on any atom is -0.391 e. The molecule has 2 fully saturated rings. The van der Waals surface area contributed by atoms with Crippen LogP contribution in [0.4, 0.5) is 5.82 Å². The van der Waals surface area contributed by atoms with Gasteiger partial charge in [-0.3, -0.25) is 4.55 Å². The van der Waals surface area contributed by atoms with E-state index in [-0.39, 0.29) is 6.04 Å². The molecule has 2 heterocycles. The van der Waals surface area contributed by atoms with Crippen molar-refractivity contribution in [3.8, 4) is 0 Å². The van der Waals surface area contributed by atoms with E-state index in [1.807, 2.05) is 16.8 Å². The third-order valence-electron chi connectivity index (χ3n) is 6.49. The average molecular weight is 424 g/mol. The van der Waals surface area contributed by atoms with Crippen molar-refractivity contribution in [1.29, 1.82) is 0 Å². The Morgan fingerprint density at radius 2 is 2.00 bits per heavy atom. The van der Waals surface area contributed by atoms with Crippen molar-refractivity contribution in [3.05, 3.63) is 18.6 Å². The van der Waals surface area contributed by atoms with E-state index in [2.05, 4.69) is 15.3 Å². The smallest absolute Gasteiger partial charge is 0.335 e. The number of aliphatic hydroxyl groups is 1. The Labute approximate surface area is 171 Å². The molecule has 0 aromatic carbocycles. The molecule has 3 atom stereocenters. The lowest BCUT2D eigenvalue weighted by atomic mass is 9.89. The number of rotatable bonds is 6. The van der Waals surface area contributed by atoms with Gasteiger partial charge >= 0.3 is 10.3 Å². The molecule has 0 unspecified atom stereocenters. The summed E-state index contributed by atoms with van der Waals surface area (Å²) in [6.45, 7) is 0.903. The van der Waals surface area contributed by atoms with E-state index in [1.165, 1.54) is 45.5 Å². The molecular formula is C19H29N5O4S. The third-order valence-corrected chi connectivity index (χ3v) is 7.49. The number of likely N-dealkylation sites (N-methyl/N-ethyl adjacent to an activating group) is 1. The number of fused-ring (bicyclic) bond motifs is 1. The summed E-state index contributed by atoms with van der Waals surface area (Å²) in [4.78, 5) is 8.85. The number of aromatic nitrogens is 3. The lowest BCUT2D eigenvalue weighted by Gasteiger charge is -2.23. The van der Waals surface area contributed by atoms with Gasteiger partial charge in [-0.1, -0.05) is 19.3 Å². The van der Waals surface area contributed by atoms with Crippen LogP contribution in [-0.4, -0.2) is 62.7 Å². The van der Waals surface area contributed by atoms with Crippen LogP contribution in [0.1, 0.15) is 51.0 Å². The third kappa shape index (κ3) is 4.25. The summed E-state index contributed by atoms with van der Waals surface area (Å²) in [6.07, 6.45) is 9.83. The molecule has 4 rings (SSSR count). The largest absolute Gasteiger partial charge is 0.391 e. The lowest BCUT2D eigenvalue weighted by Crippen LogP contribution is -2.41. The van der Waals surface area contributed by atoms with Crippen LogP contribution < -0.4 is 5.32 Å². The number of nitrogens with one attached hydrogen (secondary N) is 1. The van der Waals surface area contributed by atoms with Gasteiger partial charge in [0.1, 0.15) is 17.8 Å². The Hall–Kier alpha value is -1.75. The average Bonchev–Trinajstić information content (AvgIpc) is 3.29. The Morgan fingerprint density at radius 1 is 1.24 bits per heavy atom. The van der Waals surface area contributed by atoms with Crippen LogP contribution in [0.5, 0.6) is 0 Å². The fourth-order valence-electron chi connectivity index (χ4n) is 4.80. The first kappa shape index (κ1) is 20.5. The molecule has 3 N–H and O–H groups in total. The maximum Gasteiger partial charge on any atom is 0.335 e. The fourth-order valence-corrected chi connectivity index (χ4v) is 5.36. The van der Waals surface area contributed by atoms with Gasteiger partial charge < -0.3 is 15.0 Å². The van der Waals surface area contributed by atoms with Crippen molar-refractivity contribution in [2.75, 3.05) is 18.9 Å². The molecule has 2 aromatic heterocycles. The minimum atomic E-state index is -4.35. The highest BCUT2D eigenvalue weighted by molar-refractivity contribution is 7.83. The summed E-state index contributed by atoms with van der Waals surface area (Å²) in [7, 11) is -3.06. The van der Waals surface area contributed by atoms with Crippen molar-refractivity contribution < 1.29 is 18.1 Å². The molecule has 160 valence electrons. The maximum atomic E-state index is 11.5. The van der Waals surface area contributed by atoms with Gasteiger partial charge in [-0.15, -0.1) is 0 Å². The maximum absolute atomic E-state index is 11.5. The number of nitrogens with zero attached hydrogens (tertiary/aromatic N) is 4. The minimum absolute atomic E-state index is 0.113. The molecule has 9 nitrogen and oxygen atoms in total. The predicted octanol–water partition coefficient (Wildman–Crippen LogP) is 2.22. The zero-order valence-corrected chi connectivity index (χ0v) is 17.4. The quantitative estimate of drug-likeness (QED) is 0.609. The summed E-state index contributed by atoms with van der Waals surface area (Å²) in [6, 6.07) is 1.18. The van der Waals surface area contributed by atoms with Crippen molar-refractivity contribution >= 4 is 27.2 Å². The van der Waals surface area contributed by atoms with Crippen molar-refractivity contribution in [1.82, 2.24) is 18.8 Å². The normalized spacial score (nSPS) is 26.4. The number of aliphatic hydroxyl groups excluding tert-OH is 1. The van der Waals surface area contributed by atoms with Gasteiger partial charge in [0.15, 0.2) is 0 Å². The van der Waals surface area contributed by atoms with Gasteiger partial charge in [0.2, 0.25) is 0 Å². The molecule has 2 aliphatic rings. The predicted molar refractivity (Wildman–Crippen MR) is 110 cm³/mol. The van der Waals surface area contributed by atoms with Gasteiger partial charge in [-0.2, -0.15) is 12.7 Å². The first-order chi connectivity index (χ1) is 13.8. The Kier molecular flexibility index (Phi) is 5.78. The number of hydrogen-bond donors (Lipinski definition) is 3. The molecule has 0 aliphatic heterocycles. The summed E-state index contributed by atoms with van der Waals surface area (Å²) >= 11 is 0. The highest BCUT2D eigenvalue weighted by Crippen LogP contribution is 2.36. The number of anilines is 1. The van der Waals surface area contributed by atoms with Crippen LogP contribution in [-0.2, 0) is 10.3 Å². The molecule has 0 spiro atoms. The summed E-state index contributed by atoms with van der Waals surface area (Å²) in [5, 5.41) is 14.8. The van der Waals surface area contributed by atoms with E-state index in [4.69, 9.17) is 0 Å². The SMILES string of the molecule is CN([C@H]1C[C@@H](n2ccc3c(NCC4CCCCC4)ncnc32)C[C@@H]1O)S(=O)(=O)O. The zero-order chi connectivity index (χ0) is 20.6. The van der Waals surface area contributed by atoms with Crippen LogP contribution in [0.25, 0.3) is 11.0 Å². The second kappa shape index (κ2) is 8.17. The summed E-state index contributed by atoms with van der Waals surface area (Å²) in [5.74, 6) is 1.49. The Morgan fingerprint density at radius 3 is 2.72 bits per heavy atom. The first-order valence-corrected chi connectivity index (χ1v) is 11.7. The van der Waals surface area contributed by atoms with Gasteiger partial charge in [-0.05, 0) is 37.7 Å². The standard InChI is InChI=1S/C19H29N5O4S/c1-23(29(26,27)28)16-9-14(10-17(16)25)24-8-7-15-18(21-12-22-19(15)24)20-11-13-5-3-2-4-6-13/h7-8,12-14,16-17,25H,2-6,9-11H2,1H3,(H,20,21,22)(H,26,27,28)/t14-,16+,17+/m1/s1. The molecule has 2 aliphatic carbocycles. The van der Waals surface area contributed by atoms with Crippen LogP contribution in [0, 0.1) is 5.92 Å². The zero-order valence-electron chi connectivity index (χ0n) is 16.6. The van der Waals surface area contributed by atoms with Crippen molar-refractivity contribution in [2.24, 2.45) is 5.92 Å². The van der Waals surface area contributed by atoms with E-state index in [1.54, 1.807) is 0 Å². The summed E-state index contributed by atoms with van der Waals surface area (Å²) in [5.41, 5.74) is 0.763. The van der Waals surface area contributed by atoms with E-state index in [9.17, 15) is 18.1 Å². The first-order valence-electron chi connectivity index (χ1n) is 10.3. The molecule has 29 heavy (non-hydrogen) atoms. The highest BCUT2D eigenvalue weighted by Gasteiger charge is 2.40. The molecule has 0 amide bonds. The highest BCUT2D eigenvalue weighted by atomic mass is 32.2. The van der Waals surface area contributed by atoms with Crippen molar-refractivity contribution in [2.45, 2.75) is 63.1 Å². The van der Waals surface area contributed by atoms with Crippen LogP contribution in [0.15, 0.2) is 18.6 Å². The van der Waals surface area contributed by atoms with E-state index in [0.717, 1.165) is 27.7 Å². The van der Waals surface area contributed by atoms with E-state index < -0.39 is 22.4 Å². The van der Waals surface area contributed by atoms with Crippen LogP contribution in [0.2, 0.25) is 0 Å². The summed E-state index contributed by atoms with van der Waals surface area (Å²) < 4.78 is 35.0. The van der Waals surface area contributed by atoms with Crippen LogP contribution in [0.3, 0.4) is 0 Å². The van der Waals surface area contributed by atoms with Gasteiger partial charge in [0.05, 0.1) is 17.5 Å². The lowest BCUT2D eigenvalue weighted by molar-refractivity contribution is 0.117. The van der Waals surface area contributed by atoms with E-state index in [0.29, 0.717) is 18.8 Å². The Bertz CT molecular complexity index is 957. The molecule has 0 radical (unpaired) electrons. The Balaban J connectivity index is 1.52. The fraction of sp³-hybridized carbons (Fsp3) is 0.684. The van der Waals surface area contributed by atoms with Crippen LogP contribution >= 0.6 is 0 Å². The van der Waals surface area contributed by atoms with Gasteiger partial charge in [-0.25, -0.2) is 9.97 Å². The molecule has 0 saturated heterocycles. The topological polar surface area (TPSA) is 121 Å². The second-order valence-electron chi connectivity index (χ2n) is 8.32.